The van der Waals surface area contributed by atoms with Crippen molar-refractivity contribution in [2.45, 2.75) is 14.7 Å². The van der Waals surface area contributed by atoms with Crippen LogP contribution >= 0.6 is 0 Å². The summed E-state index contributed by atoms with van der Waals surface area (Å²) in [4.78, 5) is 8.01. The summed E-state index contributed by atoms with van der Waals surface area (Å²) in [5, 5.41) is 23.1. The van der Waals surface area contributed by atoms with Crippen molar-refractivity contribution in [2.75, 3.05) is 41.9 Å². The quantitative estimate of drug-likeness (QED) is 0.0393. The second-order valence-corrected chi connectivity index (χ2v) is 16.2. The van der Waals surface area contributed by atoms with Gasteiger partial charge >= 0.3 is 6.08 Å². The van der Waals surface area contributed by atoms with Crippen LogP contribution in [0.15, 0.2) is 73.3 Å². The highest BCUT2D eigenvalue weighted by atomic mass is 32.2. The molecule has 0 unspecified atom stereocenters. The largest absolute Gasteiger partial charge is 0.507 e. The Morgan fingerprint density at radius 2 is 1.53 bits per heavy atom. The second kappa shape index (κ2) is 14.7. The number of hydrogen-bond acceptors (Lipinski definition) is 18. The van der Waals surface area contributed by atoms with E-state index in [1.165, 1.54) is 0 Å². The second-order valence-electron chi connectivity index (χ2n) is 9.93. The summed E-state index contributed by atoms with van der Waals surface area (Å²) in [6.45, 7) is 3.03. The molecule has 4 rings (SSSR count). The normalized spacial score (nSPS) is 12.7. The van der Waals surface area contributed by atoms with Crippen LogP contribution in [0.5, 0.6) is 5.75 Å². The molecule has 0 bridgehead atoms. The summed E-state index contributed by atoms with van der Waals surface area (Å²) in [6, 6.07) is 4.89. The molecule has 8 N–H and O–H groups in total. The lowest BCUT2D eigenvalue weighted by Crippen LogP contribution is -2.16. The summed E-state index contributed by atoms with van der Waals surface area (Å²) >= 11 is 0. The van der Waals surface area contributed by atoms with E-state index < -0.39 is 100 Å². The Morgan fingerprint density at radius 3 is 2.16 bits per heavy atom. The Kier molecular flexibility index (Phi) is 11.2. The van der Waals surface area contributed by atoms with Crippen LogP contribution < -0.4 is 16.4 Å². The van der Waals surface area contributed by atoms with Gasteiger partial charge in [0.25, 0.3) is 30.4 Å². The van der Waals surface area contributed by atoms with Crippen LogP contribution in [-0.4, -0.2) is 92.9 Å². The van der Waals surface area contributed by atoms with Gasteiger partial charge in [-0.15, -0.1) is 10.2 Å². The number of nitrogens with two attached hydrogens (primary N) is 1. The molecule has 0 fully saturated rings. The van der Waals surface area contributed by atoms with E-state index in [2.05, 4.69) is 42.4 Å². The van der Waals surface area contributed by atoms with Crippen molar-refractivity contribution in [2.24, 2.45) is 10.2 Å². The molecule has 0 radical (unpaired) electrons. The zero-order valence-corrected chi connectivity index (χ0v) is 28.6. The van der Waals surface area contributed by atoms with Crippen molar-refractivity contribution in [1.29, 1.82) is 0 Å². The SMILES string of the molecule is C=CS(=O)(=O)CCOCCNc1nc(F)nc(Nc2ccc(N=Nc3c(N)c(S(=O)(=O)O)cc4cc(S(=O)(=O)O)cc(O)c34)c(S(=O)(=O)O)c2)n1. The molecule has 274 valence electrons. The van der Waals surface area contributed by atoms with E-state index in [0.717, 1.165) is 29.7 Å². The Hall–Kier alpha value is -4.96. The number of phenolic OH excluding ortho intramolecular Hbond substituents is 1. The summed E-state index contributed by atoms with van der Waals surface area (Å²) in [5.41, 5.74) is 3.61. The van der Waals surface area contributed by atoms with E-state index in [0.29, 0.717) is 12.1 Å². The molecular formula is C25H25FN8O13S4. The average Bonchev–Trinajstić information content (AvgIpc) is 3.00. The van der Waals surface area contributed by atoms with Crippen molar-refractivity contribution in [3.05, 3.63) is 54.5 Å². The molecule has 4 aromatic rings. The van der Waals surface area contributed by atoms with Gasteiger partial charge in [-0.25, -0.2) is 8.42 Å². The van der Waals surface area contributed by atoms with Crippen molar-refractivity contribution < 1.29 is 61.6 Å². The Bertz CT molecular complexity index is 2520. The molecule has 26 heteroatoms. The Balaban J connectivity index is 1.66. The van der Waals surface area contributed by atoms with Gasteiger partial charge in [0.15, 0.2) is 9.84 Å². The number of nitrogens with zero attached hydrogens (tertiary/aromatic N) is 5. The highest BCUT2D eigenvalue weighted by molar-refractivity contribution is 7.94. The average molecular weight is 793 g/mol. The topological polar surface area (TPSA) is 340 Å². The minimum atomic E-state index is -5.12. The summed E-state index contributed by atoms with van der Waals surface area (Å²) in [5.74, 6) is -1.94. The fourth-order valence-electron chi connectivity index (χ4n) is 4.12. The van der Waals surface area contributed by atoms with Crippen LogP contribution in [-0.2, 0) is 44.9 Å². The number of anilines is 4. The van der Waals surface area contributed by atoms with Gasteiger partial charge in [-0.2, -0.15) is 44.6 Å². The van der Waals surface area contributed by atoms with Crippen molar-refractivity contribution in [3.8, 4) is 5.75 Å². The van der Waals surface area contributed by atoms with Gasteiger partial charge in [0.2, 0.25) is 11.9 Å². The first kappa shape index (κ1) is 38.8. The number of nitrogens with one attached hydrogen (secondary N) is 2. The molecule has 0 aliphatic rings. The molecule has 0 saturated carbocycles. The molecule has 51 heavy (non-hydrogen) atoms. The molecule has 1 heterocycles. The summed E-state index contributed by atoms with van der Waals surface area (Å²) in [7, 11) is -18.6. The van der Waals surface area contributed by atoms with Crippen LogP contribution in [0.2, 0.25) is 0 Å². The number of halogens is 1. The standard InChI is InChI=1S/C25H25FN8O13S4/c1-2-48(36,37)8-7-47-6-5-28-24-30-23(26)31-25(32-24)29-14-3-4-16(18(11-14)50(41,42)43)33-34-22-20-13(10-19(21(22)27)51(44,45)46)9-15(12-17(20)35)49(38,39)40/h2-4,9-12,35H,1,5-8,27H2,(H,38,39,40)(H,41,42,43)(H,44,45,46)(H2,28,29,30,31,32). The number of sulfone groups is 1. The lowest BCUT2D eigenvalue weighted by atomic mass is 10.1. The van der Waals surface area contributed by atoms with Gasteiger partial charge < -0.3 is 26.2 Å². The van der Waals surface area contributed by atoms with Crippen LogP contribution in [0.4, 0.5) is 39.0 Å². The van der Waals surface area contributed by atoms with Gasteiger partial charge in [-0.05, 0) is 35.7 Å². The zero-order valence-electron chi connectivity index (χ0n) is 25.4. The predicted molar refractivity (Wildman–Crippen MR) is 176 cm³/mol. The highest BCUT2D eigenvalue weighted by Crippen LogP contribution is 2.44. The van der Waals surface area contributed by atoms with Crippen LogP contribution in [0.25, 0.3) is 10.8 Å². The maximum absolute atomic E-state index is 14.1. The fraction of sp³-hybridized carbons (Fsp3) is 0.160. The number of nitrogen functional groups attached to an aromatic ring is 1. The summed E-state index contributed by atoms with van der Waals surface area (Å²) in [6.07, 6.45) is -1.27. The molecule has 0 atom stereocenters. The van der Waals surface area contributed by atoms with E-state index >= 15 is 0 Å². The van der Waals surface area contributed by atoms with Crippen LogP contribution in [0.1, 0.15) is 0 Å². The van der Waals surface area contributed by atoms with Gasteiger partial charge in [-0.1, -0.05) is 6.58 Å². The third kappa shape index (κ3) is 9.85. The van der Waals surface area contributed by atoms with E-state index in [9.17, 15) is 56.8 Å². The van der Waals surface area contributed by atoms with Gasteiger partial charge in [0.05, 0.1) is 34.9 Å². The molecule has 21 nitrogen and oxygen atoms in total. The highest BCUT2D eigenvalue weighted by Gasteiger charge is 2.25. The van der Waals surface area contributed by atoms with E-state index in [-0.39, 0.29) is 37.1 Å². The molecule has 1 aromatic heterocycles. The molecular weight excluding hydrogens is 768 g/mol. The maximum atomic E-state index is 14.1. The number of fused-ring (bicyclic) bond motifs is 1. The first-order chi connectivity index (χ1) is 23.6. The lowest BCUT2D eigenvalue weighted by Gasteiger charge is -2.12. The Morgan fingerprint density at radius 1 is 0.863 bits per heavy atom. The number of benzene rings is 3. The van der Waals surface area contributed by atoms with Crippen molar-refractivity contribution >= 4 is 85.6 Å². The first-order valence-electron chi connectivity index (χ1n) is 13.5. The van der Waals surface area contributed by atoms with E-state index in [1.54, 1.807) is 0 Å². The number of rotatable bonds is 15. The number of azo groups is 1. The lowest BCUT2D eigenvalue weighted by molar-refractivity contribution is 0.159. The predicted octanol–water partition coefficient (Wildman–Crippen LogP) is 2.34. The minimum absolute atomic E-state index is 0.00997. The van der Waals surface area contributed by atoms with Gasteiger partial charge in [-0.3, -0.25) is 13.7 Å². The van der Waals surface area contributed by atoms with Crippen molar-refractivity contribution in [1.82, 2.24) is 15.0 Å². The summed E-state index contributed by atoms with van der Waals surface area (Å²) < 4.78 is 143. The number of phenols is 1. The van der Waals surface area contributed by atoms with Gasteiger partial charge in [0.1, 0.15) is 26.9 Å². The fourth-order valence-corrected chi connectivity index (χ4v) is 6.48. The minimum Gasteiger partial charge on any atom is -0.507 e. The molecule has 0 spiro atoms. The molecule has 0 saturated heterocycles. The third-order valence-electron chi connectivity index (χ3n) is 6.40. The van der Waals surface area contributed by atoms with Gasteiger partial charge in [0, 0.05) is 23.7 Å². The first-order valence-corrected chi connectivity index (χ1v) is 19.6. The number of ether oxygens (including phenoxy) is 1. The van der Waals surface area contributed by atoms with Crippen molar-refractivity contribution in [3.63, 3.8) is 0 Å². The third-order valence-corrected chi connectivity index (χ3v) is 10.2. The van der Waals surface area contributed by atoms with Crippen LogP contribution in [0.3, 0.4) is 0 Å². The molecule has 3 aromatic carbocycles. The monoisotopic (exact) mass is 792 g/mol. The Labute approximate surface area is 288 Å². The van der Waals surface area contributed by atoms with Crippen LogP contribution in [0, 0.1) is 6.08 Å². The number of aromatic hydroxyl groups is 1. The van der Waals surface area contributed by atoms with E-state index in [1.807, 2.05) is 0 Å². The molecule has 0 aliphatic carbocycles. The smallest absolute Gasteiger partial charge is 0.315 e. The maximum Gasteiger partial charge on any atom is 0.315 e. The number of aromatic nitrogens is 3. The van der Waals surface area contributed by atoms with E-state index in [4.69, 9.17) is 10.5 Å². The molecule has 0 amide bonds. The number of hydrogen-bond donors (Lipinski definition) is 7. The molecule has 0 aliphatic heterocycles. The zero-order chi connectivity index (χ0) is 37.9.